The Hall–Kier alpha value is -1.15. The van der Waals surface area contributed by atoms with Gasteiger partial charge in [0.15, 0.2) is 0 Å². The number of hydrogen-bond donors (Lipinski definition) is 0. The summed E-state index contributed by atoms with van der Waals surface area (Å²) in [7, 11) is 0. The number of hydrogen-bond acceptors (Lipinski definition) is 2. The summed E-state index contributed by atoms with van der Waals surface area (Å²) in [6, 6.07) is 0. The van der Waals surface area contributed by atoms with Crippen LogP contribution < -0.4 is 0 Å². The van der Waals surface area contributed by atoms with E-state index >= 15 is 0 Å². The zero-order chi connectivity index (χ0) is 10.2. The van der Waals surface area contributed by atoms with E-state index in [1.807, 2.05) is 12.2 Å². The molecule has 0 aliphatic carbocycles. The number of aromatic nitrogens is 2. The molecular formula is C11H13ClN2. The van der Waals surface area contributed by atoms with Crippen LogP contribution in [0.15, 0.2) is 36.7 Å². The lowest BCUT2D eigenvalue weighted by Crippen LogP contribution is -1.86. The molecule has 1 aromatic rings. The molecule has 0 spiro atoms. The van der Waals surface area contributed by atoms with E-state index in [1.54, 1.807) is 12.4 Å². The van der Waals surface area contributed by atoms with Gasteiger partial charge in [0.05, 0.1) is 0 Å². The van der Waals surface area contributed by atoms with Gasteiger partial charge >= 0.3 is 0 Å². The molecule has 1 aromatic heterocycles. The number of halogens is 1. The van der Waals surface area contributed by atoms with Crippen molar-refractivity contribution in [3.63, 3.8) is 0 Å². The molecule has 0 atom stereocenters. The average molecular weight is 209 g/mol. The molecule has 0 aliphatic heterocycles. The molecule has 0 N–H and O–H groups in total. The van der Waals surface area contributed by atoms with Crippen molar-refractivity contribution in [1.82, 2.24) is 9.97 Å². The van der Waals surface area contributed by atoms with Crippen molar-refractivity contribution in [2.45, 2.75) is 19.8 Å². The average Bonchev–Trinajstić information content (AvgIpc) is 2.21. The van der Waals surface area contributed by atoms with Gasteiger partial charge in [0.25, 0.3) is 0 Å². The van der Waals surface area contributed by atoms with Crippen molar-refractivity contribution >= 4 is 11.6 Å². The molecule has 74 valence electrons. The highest BCUT2D eigenvalue weighted by Gasteiger charge is 1.91. The zero-order valence-electron chi connectivity index (χ0n) is 8.15. The molecule has 1 heterocycles. The predicted molar refractivity (Wildman–Crippen MR) is 59.3 cm³/mol. The van der Waals surface area contributed by atoms with E-state index < -0.39 is 0 Å². The SMILES string of the molecule is CCC=CC=CCc1cnc(Cl)nc1. The van der Waals surface area contributed by atoms with Crippen molar-refractivity contribution in [3.8, 4) is 0 Å². The van der Waals surface area contributed by atoms with Crippen molar-refractivity contribution in [1.29, 1.82) is 0 Å². The third kappa shape index (κ3) is 4.19. The first kappa shape index (κ1) is 10.9. The zero-order valence-corrected chi connectivity index (χ0v) is 8.91. The molecular weight excluding hydrogens is 196 g/mol. The van der Waals surface area contributed by atoms with Gasteiger partial charge in [0.1, 0.15) is 0 Å². The van der Waals surface area contributed by atoms with Crippen LogP contribution in [0.4, 0.5) is 0 Å². The van der Waals surface area contributed by atoms with Crippen molar-refractivity contribution in [2.24, 2.45) is 0 Å². The molecule has 0 aliphatic rings. The molecule has 0 aromatic carbocycles. The quantitative estimate of drug-likeness (QED) is 0.561. The fraction of sp³-hybridized carbons (Fsp3) is 0.273. The summed E-state index contributed by atoms with van der Waals surface area (Å²) in [6.45, 7) is 2.11. The van der Waals surface area contributed by atoms with Gasteiger partial charge in [-0.25, -0.2) is 9.97 Å². The minimum atomic E-state index is 0.295. The second-order valence-electron chi connectivity index (χ2n) is 2.83. The predicted octanol–water partition coefficient (Wildman–Crippen LogP) is 3.19. The maximum atomic E-state index is 5.56. The molecule has 0 radical (unpaired) electrons. The fourth-order valence-electron chi connectivity index (χ4n) is 0.942. The molecule has 0 saturated heterocycles. The minimum absolute atomic E-state index is 0.295. The highest BCUT2D eigenvalue weighted by Crippen LogP contribution is 2.01. The summed E-state index contributed by atoms with van der Waals surface area (Å²) in [5.41, 5.74) is 1.07. The van der Waals surface area contributed by atoms with Crippen LogP contribution in [0, 0.1) is 0 Å². The maximum absolute atomic E-state index is 5.56. The summed E-state index contributed by atoms with van der Waals surface area (Å²) in [4.78, 5) is 7.79. The highest BCUT2D eigenvalue weighted by molar-refractivity contribution is 6.28. The Labute approximate surface area is 89.3 Å². The summed E-state index contributed by atoms with van der Waals surface area (Å²) in [5.74, 6) is 0. The van der Waals surface area contributed by atoms with Gasteiger partial charge in [-0.3, -0.25) is 0 Å². The summed E-state index contributed by atoms with van der Waals surface area (Å²) in [6.07, 6.45) is 13.6. The number of rotatable bonds is 4. The van der Waals surface area contributed by atoms with Crippen molar-refractivity contribution in [3.05, 3.63) is 47.5 Å². The lowest BCUT2D eigenvalue weighted by Gasteiger charge is -1.93. The van der Waals surface area contributed by atoms with E-state index in [1.165, 1.54) is 0 Å². The van der Waals surface area contributed by atoms with Crippen LogP contribution in [0.25, 0.3) is 0 Å². The molecule has 0 saturated carbocycles. The molecule has 0 bridgehead atoms. The first-order valence-corrected chi connectivity index (χ1v) is 4.99. The first-order chi connectivity index (χ1) is 6.83. The number of nitrogens with zero attached hydrogens (tertiary/aromatic N) is 2. The third-order valence-electron chi connectivity index (χ3n) is 1.65. The summed E-state index contributed by atoms with van der Waals surface area (Å²) in [5, 5.41) is 0.295. The second kappa shape index (κ2) is 6.33. The van der Waals surface area contributed by atoms with Crippen LogP contribution in [-0.4, -0.2) is 9.97 Å². The van der Waals surface area contributed by atoms with E-state index in [-0.39, 0.29) is 0 Å². The van der Waals surface area contributed by atoms with Gasteiger partial charge < -0.3 is 0 Å². The largest absolute Gasteiger partial charge is 0.226 e. The molecule has 14 heavy (non-hydrogen) atoms. The molecule has 3 heteroatoms. The van der Waals surface area contributed by atoms with Crippen LogP contribution in [0.2, 0.25) is 5.28 Å². The van der Waals surface area contributed by atoms with Crippen LogP contribution >= 0.6 is 11.6 Å². The van der Waals surface area contributed by atoms with Crippen molar-refractivity contribution < 1.29 is 0 Å². The van der Waals surface area contributed by atoms with Gasteiger partial charge in [-0.2, -0.15) is 0 Å². The lowest BCUT2D eigenvalue weighted by atomic mass is 10.2. The minimum Gasteiger partial charge on any atom is -0.226 e. The van der Waals surface area contributed by atoms with E-state index in [2.05, 4.69) is 29.0 Å². The monoisotopic (exact) mass is 208 g/mol. The topological polar surface area (TPSA) is 25.8 Å². The van der Waals surface area contributed by atoms with Gasteiger partial charge in [0, 0.05) is 12.4 Å². The second-order valence-corrected chi connectivity index (χ2v) is 3.17. The molecule has 0 fully saturated rings. The van der Waals surface area contributed by atoms with Gasteiger partial charge in [-0.05, 0) is 30.0 Å². The molecule has 2 nitrogen and oxygen atoms in total. The molecule has 0 amide bonds. The lowest BCUT2D eigenvalue weighted by molar-refractivity contribution is 1.09. The molecule has 1 rings (SSSR count). The normalized spacial score (nSPS) is 11.6. The van der Waals surface area contributed by atoms with Gasteiger partial charge in [0.2, 0.25) is 5.28 Å². The fourth-order valence-corrected chi connectivity index (χ4v) is 1.04. The standard InChI is InChI=1S/C11H13ClN2/c1-2-3-4-5-6-7-10-8-13-11(12)14-9-10/h3-6,8-9H,2,7H2,1H3. The van der Waals surface area contributed by atoms with Crippen LogP contribution in [0.1, 0.15) is 18.9 Å². The Kier molecular flexibility index (Phi) is 4.94. The van der Waals surface area contributed by atoms with E-state index in [0.717, 1.165) is 18.4 Å². The maximum Gasteiger partial charge on any atom is 0.222 e. The third-order valence-corrected chi connectivity index (χ3v) is 1.84. The Bertz CT molecular complexity index is 315. The van der Waals surface area contributed by atoms with Gasteiger partial charge in [-0.15, -0.1) is 0 Å². The number of allylic oxidation sites excluding steroid dienone is 4. The Morgan fingerprint density at radius 1 is 1.21 bits per heavy atom. The Balaban J connectivity index is 2.41. The first-order valence-electron chi connectivity index (χ1n) is 4.61. The summed E-state index contributed by atoms with van der Waals surface area (Å²) >= 11 is 5.56. The smallest absolute Gasteiger partial charge is 0.222 e. The Morgan fingerprint density at radius 3 is 2.50 bits per heavy atom. The highest BCUT2D eigenvalue weighted by atomic mass is 35.5. The van der Waals surface area contributed by atoms with Crippen LogP contribution in [0.5, 0.6) is 0 Å². The van der Waals surface area contributed by atoms with E-state index in [9.17, 15) is 0 Å². The Morgan fingerprint density at radius 2 is 1.86 bits per heavy atom. The van der Waals surface area contributed by atoms with Crippen LogP contribution in [-0.2, 0) is 6.42 Å². The molecule has 0 unspecified atom stereocenters. The van der Waals surface area contributed by atoms with E-state index in [4.69, 9.17) is 11.6 Å². The van der Waals surface area contributed by atoms with E-state index in [0.29, 0.717) is 5.28 Å². The van der Waals surface area contributed by atoms with Gasteiger partial charge in [-0.1, -0.05) is 31.2 Å². The van der Waals surface area contributed by atoms with Crippen LogP contribution in [0.3, 0.4) is 0 Å². The summed E-state index contributed by atoms with van der Waals surface area (Å²) < 4.78 is 0. The van der Waals surface area contributed by atoms with Crippen molar-refractivity contribution in [2.75, 3.05) is 0 Å².